The Hall–Kier alpha value is -2.21. The molecular formula is C20H27FN4O. The van der Waals surface area contributed by atoms with Gasteiger partial charge in [-0.1, -0.05) is 18.2 Å². The number of amides is 1. The normalized spacial score (nSPS) is 15.9. The summed E-state index contributed by atoms with van der Waals surface area (Å²) in [5.74, 6) is 0.306. The van der Waals surface area contributed by atoms with E-state index in [4.69, 9.17) is 0 Å². The molecule has 2 aromatic rings. The summed E-state index contributed by atoms with van der Waals surface area (Å²) in [6, 6.07) is 8.77. The molecule has 2 heterocycles. The third kappa shape index (κ3) is 5.14. The number of aryl methyl sites for hydroxylation is 1. The molecule has 1 aromatic heterocycles. The van der Waals surface area contributed by atoms with Crippen molar-refractivity contribution in [2.45, 2.75) is 32.2 Å². The minimum absolute atomic E-state index is 0.0754. The molecule has 1 fully saturated rings. The van der Waals surface area contributed by atoms with Gasteiger partial charge in [0, 0.05) is 32.8 Å². The van der Waals surface area contributed by atoms with E-state index in [2.05, 4.69) is 21.4 Å². The van der Waals surface area contributed by atoms with Crippen molar-refractivity contribution in [2.24, 2.45) is 13.0 Å². The van der Waals surface area contributed by atoms with Crippen LogP contribution in [0.25, 0.3) is 0 Å². The lowest BCUT2D eigenvalue weighted by atomic mass is 9.93. The predicted molar refractivity (Wildman–Crippen MR) is 98.9 cm³/mol. The number of nitrogens with zero attached hydrogens (tertiary/aromatic N) is 3. The second-order valence-corrected chi connectivity index (χ2v) is 7.06. The number of rotatable bonds is 7. The van der Waals surface area contributed by atoms with E-state index in [1.807, 2.05) is 24.0 Å². The minimum atomic E-state index is -0.206. The summed E-state index contributed by atoms with van der Waals surface area (Å²) < 4.78 is 15.5. The van der Waals surface area contributed by atoms with Gasteiger partial charge >= 0.3 is 0 Å². The standard InChI is InChI=1S/C20H27FN4O/c1-24-18(7-11-23-24)15-25-12-8-16(9-13-25)14-20(26)22-10-6-17-4-2-3-5-19(17)21/h2-5,7,11,16H,6,8-10,12-15H2,1H3,(H,22,26). The summed E-state index contributed by atoms with van der Waals surface area (Å²) in [6.07, 6.45) is 5.00. The van der Waals surface area contributed by atoms with E-state index < -0.39 is 0 Å². The van der Waals surface area contributed by atoms with E-state index in [1.165, 1.54) is 11.8 Å². The van der Waals surface area contributed by atoms with Gasteiger partial charge in [-0.3, -0.25) is 14.4 Å². The lowest BCUT2D eigenvalue weighted by Gasteiger charge is -2.31. The van der Waals surface area contributed by atoms with Crippen molar-refractivity contribution in [1.82, 2.24) is 20.0 Å². The third-order valence-electron chi connectivity index (χ3n) is 5.16. The highest BCUT2D eigenvalue weighted by atomic mass is 19.1. The van der Waals surface area contributed by atoms with Crippen molar-refractivity contribution in [3.05, 3.63) is 53.6 Å². The van der Waals surface area contributed by atoms with E-state index >= 15 is 0 Å². The monoisotopic (exact) mass is 358 g/mol. The highest BCUT2D eigenvalue weighted by Gasteiger charge is 2.22. The molecular weight excluding hydrogens is 331 g/mol. The Morgan fingerprint density at radius 1 is 1.27 bits per heavy atom. The lowest BCUT2D eigenvalue weighted by molar-refractivity contribution is -0.122. The van der Waals surface area contributed by atoms with Crippen LogP contribution in [0.5, 0.6) is 0 Å². The first-order valence-electron chi connectivity index (χ1n) is 9.31. The van der Waals surface area contributed by atoms with Gasteiger partial charge in [-0.05, 0) is 56.0 Å². The SMILES string of the molecule is Cn1nccc1CN1CCC(CC(=O)NCCc2ccccc2F)CC1. The van der Waals surface area contributed by atoms with Crippen molar-refractivity contribution < 1.29 is 9.18 Å². The van der Waals surface area contributed by atoms with Gasteiger partial charge in [0.1, 0.15) is 5.82 Å². The molecule has 1 N–H and O–H groups in total. The van der Waals surface area contributed by atoms with Crippen molar-refractivity contribution in [3.8, 4) is 0 Å². The number of likely N-dealkylation sites (tertiary alicyclic amines) is 1. The third-order valence-corrected chi connectivity index (χ3v) is 5.16. The highest BCUT2D eigenvalue weighted by molar-refractivity contribution is 5.76. The number of carbonyl (C=O) groups is 1. The Kier molecular flexibility index (Phi) is 6.39. The summed E-state index contributed by atoms with van der Waals surface area (Å²) in [6.45, 7) is 3.42. The summed E-state index contributed by atoms with van der Waals surface area (Å²) in [5, 5.41) is 7.14. The number of nitrogens with one attached hydrogen (secondary N) is 1. The zero-order chi connectivity index (χ0) is 18.4. The Bertz CT molecular complexity index is 722. The van der Waals surface area contributed by atoms with E-state index in [-0.39, 0.29) is 11.7 Å². The Morgan fingerprint density at radius 3 is 2.73 bits per heavy atom. The lowest BCUT2D eigenvalue weighted by Crippen LogP contribution is -2.36. The molecule has 5 nitrogen and oxygen atoms in total. The molecule has 0 bridgehead atoms. The Balaban J connectivity index is 1.34. The fraction of sp³-hybridized carbons (Fsp3) is 0.500. The molecule has 0 spiro atoms. The second kappa shape index (κ2) is 8.94. The van der Waals surface area contributed by atoms with Crippen LogP contribution in [-0.2, 0) is 24.8 Å². The first-order chi connectivity index (χ1) is 12.6. The zero-order valence-electron chi connectivity index (χ0n) is 15.3. The fourth-order valence-electron chi connectivity index (χ4n) is 3.51. The molecule has 1 saturated heterocycles. The van der Waals surface area contributed by atoms with E-state index in [0.717, 1.165) is 32.5 Å². The van der Waals surface area contributed by atoms with Crippen molar-refractivity contribution in [3.63, 3.8) is 0 Å². The number of benzene rings is 1. The van der Waals surface area contributed by atoms with Crippen molar-refractivity contribution in [2.75, 3.05) is 19.6 Å². The van der Waals surface area contributed by atoms with Gasteiger partial charge in [-0.2, -0.15) is 5.10 Å². The van der Waals surface area contributed by atoms with Crippen LogP contribution >= 0.6 is 0 Å². The van der Waals surface area contributed by atoms with Gasteiger partial charge in [0.05, 0.1) is 5.69 Å². The van der Waals surface area contributed by atoms with Gasteiger partial charge in [-0.25, -0.2) is 4.39 Å². The van der Waals surface area contributed by atoms with Crippen LogP contribution in [0, 0.1) is 11.7 Å². The van der Waals surface area contributed by atoms with Gasteiger partial charge in [0.2, 0.25) is 5.91 Å². The number of piperidine rings is 1. The van der Waals surface area contributed by atoms with Crippen LogP contribution < -0.4 is 5.32 Å². The minimum Gasteiger partial charge on any atom is -0.356 e. The molecule has 26 heavy (non-hydrogen) atoms. The molecule has 140 valence electrons. The molecule has 1 aromatic carbocycles. The number of carbonyl (C=O) groups excluding carboxylic acids is 1. The molecule has 1 aliphatic rings. The highest BCUT2D eigenvalue weighted by Crippen LogP contribution is 2.21. The maximum absolute atomic E-state index is 13.6. The van der Waals surface area contributed by atoms with Crippen LogP contribution in [-0.4, -0.2) is 40.2 Å². The largest absolute Gasteiger partial charge is 0.356 e. The van der Waals surface area contributed by atoms with Gasteiger partial charge < -0.3 is 5.32 Å². The van der Waals surface area contributed by atoms with Crippen LogP contribution in [0.4, 0.5) is 4.39 Å². The molecule has 0 radical (unpaired) electrons. The first kappa shape index (κ1) is 18.6. The predicted octanol–water partition coefficient (Wildman–Crippen LogP) is 2.52. The summed E-state index contributed by atoms with van der Waals surface area (Å²) in [7, 11) is 1.97. The Labute approximate surface area is 154 Å². The molecule has 0 unspecified atom stereocenters. The van der Waals surface area contributed by atoms with Crippen molar-refractivity contribution >= 4 is 5.91 Å². The molecule has 0 saturated carbocycles. The number of halogens is 1. The number of hydrogen-bond donors (Lipinski definition) is 1. The summed E-state index contributed by atoms with van der Waals surface area (Å²) in [4.78, 5) is 14.6. The smallest absolute Gasteiger partial charge is 0.220 e. The summed E-state index contributed by atoms with van der Waals surface area (Å²) in [5.41, 5.74) is 1.87. The maximum atomic E-state index is 13.6. The van der Waals surface area contributed by atoms with E-state index in [9.17, 15) is 9.18 Å². The molecule has 0 atom stereocenters. The first-order valence-corrected chi connectivity index (χ1v) is 9.31. The maximum Gasteiger partial charge on any atom is 0.220 e. The fourth-order valence-corrected chi connectivity index (χ4v) is 3.51. The van der Waals surface area contributed by atoms with E-state index in [1.54, 1.807) is 12.1 Å². The van der Waals surface area contributed by atoms with E-state index in [0.29, 0.717) is 30.9 Å². The topological polar surface area (TPSA) is 50.2 Å². The second-order valence-electron chi connectivity index (χ2n) is 7.06. The van der Waals surface area contributed by atoms with Gasteiger partial charge in [-0.15, -0.1) is 0 Å². The van der Waals surface area contributed by atoms with Crippen LogP contribution in [0.3, 0.4) is 0 Å². The van der Waals surface area contributed by atoms with Gasteiger partial charge in [0.25, 0.3) is 0 Å². The zero-order valence-corrected chi connectivity index (χ0v) is 15.3. The van der Waals surface area contributed by atoms with Crippen LogP contribution in [0.15, 0.2) is 36.5 Å². The Morgan fingerprint density at radius 2 is 2.04 bits per heavy atom. The molecule has 1 aliphatic heterocycles. The van der Waals surface area contributed by atoms with Crippen LogP contribution in [0.2, 0.25) is 0 Å². The van der Waals surface area contributed by atoms with Crippen LogP contribution in [0.1, 0.15) is 30.5 Å². The van der Waals surface area contributed by atoms with Crippen molar-refractivity contribution in [1.29, 1.82) is 0 Å². The average Bonchev–Trinajstić information content (AvgIpc) is 3.03. The summed E-state index contributed by atoms with van der Waals surface area (Å²) >= 11 is 0. The quantitative estimate of drug-likeness (QED) is 0.827. The molecule has 1 amide bonds. The molecule has 3 rings (SSSR count). The molecule has 0 aliphatic carbocycles. The van der Waals surface area contributed by atoms with Gasteiger partial charge in [0.15, 0.2) is 0 Å². The average molecular weight is 358 g/mol. The molecule has 6 heteroatoms. The number of hydrogen-bond acceptors (Lipinski definition) is 3. The number of aromatic nitrogens is 2.